The molecule has 4 saturated carbocycles. The lowest BCUT2D eigenvalue weighted by Crippen LogP contribution is -2.65. The monoisotopic (exact) mass is 387 g/mol. The van der Waals surface area contributed by atoms with E-state index in [1.165, 1.54) is 0 Å². The predicted octanol–water partition coefficient (Wildman–Crippen LogP) is 3.95. The zero-order valence-corrected chi connectivity index (χ0v) is 14.9. The van der Waals surface area contributed by atoms with Gasteiger partial charge in [-0.1, -0.05) is 30.3 Å². The fraction of sp³-hybridized carbons (Fsp3) is 0.632. The van der Waals surface area contributed by atoms with E-state index in [4.69, 9.17) is 11.6 Å². The Kier molecular flexibility index (Phi) is 4.08. The number of amides is 1. The molecule has 1 aromatic carbocycles. The number of carbonyl (C=O) groups excluding carboxylic acids is 1. The summed E-state index contributed by atoms with van der Waals surface area (Å²) in [5.41, 5.74) is -0.565. The van der Waals surface area contributed by atoms with Crippen molar-refractivity contribution in [2.24, 2.45) is 17.8 Å². The molecule has 4 aliphatic rings. The molecule has 0 spiro atoms. The van der Waals surface area contributed by atoms with Gasteiger partial charge in [0.15, 0.2) is 0 Å². The number of aliphatic hydroxyl groups is 1. The lowest BCUT2D eigenvalue weighted by molar-refractivity contribution is -0.187. The van der Waals surface area contributed by atoms with Crippen LogP contribution in [0.3, 0.4) is 0 Å². The van der Waals surface area contributed by atoms with Gasteiger partial charge in [0.1, 0.15) is 0 Å². The van der Waals surface area contributed by atoms with Gasteiger partial charge in [-0.25, -0.2) is 0 Å². The van der Waals surface area contributed by atoms with Crippen molar-refractivity contribution in [3.8, 4) is 0 Å². The summed E-state index contributed by atoms with van der Waals surface area (Å²) in [6.45, 7) is 0. The summed E-state index contributed by atoms with van der Waals surface area (Å²) >= 11 is 6.69. The molecule has 0 heterocycles. The van der Waals surface area contributed by atoms with E-state index < -0.39 is 34.5 Å². The summed E-state index contributed by atoms with van der Waals surface area (Å²) < 4.78 is 38.7. The molecule has 26 heavy (non-hydrogen) atoms. The van der Waals surface area contributed by atoms with E-state index in [-0.39, 0.29) is 5.92 Å². The number of nitrogens with one attached hydrogen (secondary N) is 1. The van der Waals surface area contributed by atoms with Crippen molar-refractivity contribution in [2.75, 3.05) is 0 Å². The van der Waals surface area contributed by atoms with Crippen LogP contribution in [-0.4, -0.2) is 27.7 Å². The Hall–Kier alpha value is -1.27. The highest BCUT2D eigenvalue weighted by Crippen LogP contribution is 2.64. The van der Waals surface area contributed by atoms with E-state index in [0.29, 0.717) is 30.7 Å². The highest BCUT2D eigenvalue weighted by molar-refractivity contribution is 6.24. The van der Waals surface area contributed by atoms with Crippen LogP contribution in [0.2, 0.25) is 0 Å². The largest absolute Gasteiger partial charge is 0.471 e. The first-order valence-electron chi connectivity index (χ1n) is 8.94. The van der Waals surface area contributed by atoms with Crippen LogP contribution in [0.1, 0.15) is 43.7 Å². The molecule has 0 radical (unpaired) electrons. The third-order valence-corrected chi connectivity index (χ3v) is 6.82. The van der Waals surface area contributed by atoms with E-state index in [9.17, 15) is 23.1 Å². The number of carbonyl (C=O) groups is 1. The van der Waals surface area contributed by atoms with Crippen LogP contribution in [0, 0.1) is 17.8 Å². The Morgan fingerprint density at radius 2 is 1.92 bits per heavy atom. The minimum Gasteiger partial charge on any atom is -0.389 e. The molecule has 4 fully saturated rings. The summed E-state index contributed by atoms with van der Waals surface area (Å²) in [6, 6.07) is 7.74. The van der Waals surface area contributed by atoms with Gasteiger partial charge in [-0.15, -0.1) is 11.6 Å². The second-order valence-corrected chi connectivity index (χ2v) is 9.09. The molecule has 0 saturated heterocycles. The van der Waals surface area contributed by atoms with Crippen molar-refractivity contribution in [2.45, 2.75) is 54.8 Å². The van der Waals surface area contributed by atoms with Gasteiger partial charge in [-0.3, -0.25) is 4.79 Å². The minimum absolute atomic E-state index is 0.00232. The van der Waals surface area contributed by atoms with E-state index >= 15 is 0 Å². The Labute approximate surface area is 154 Å². The second kappa shape index (κ2) is 5.86. The van der Waals surface area contributed by atoms with Crippen molar-refractivity contribution in [1.82, 2.24) is 5.32 Å². The fourth-order valence-corrected chi connectivity index (χ4v) is 6.55. The summed E-state index contributed by atoms with van der Waals surface area (Å²) in [7, 11) is 0. The Morgan fingerprint density at radius 3 is 2.50 bits per heavy atom. The normalized spacial score (nSPS) is 39.7. The molecule has 6 atom stereocenters. The molecule has 3 nitrogen and oxygen atoms in total. The average molecular weight is 388 g/mol. The molecule has 2 N–H and O–H groups in total. The van der Waals surface area contributed by atoms with Gasteiger partial charge in [0, 0.05) is 10.8 Å². The molecule has 1 unspecified atom stereocenters. The van der Waals surface area contributed by atoms with Gasteiger partial charge in [0.05, 0.1) is 11.6 Å². The zero-order chi connectivity index (χ0) is 18.7. The first kappa shape index (κ1) is 18.1. The van der Waals surface area contributed by atoms with E-state index in [1.807, 2.05) is 0 Å². The summed E-state index contributed by atoms with van der Waals surface area (Å²) in [4.78, 5) is 11.2. The maximum Gasteiger partial charge on any atom is 0.471 e. The first-order valence-corrected chi connectivity index (χ1v) is 9.31. The summed E-state index contributed by atoms with van der Waals surface area (Å²) in [6.07, 6.45) is -1.70. The van der Waals surface area contributed by atoms with Crippen LogP contribution in [0.4, 0.5) is 13.2 Å². The molecule has 1 aromatic rings. The molecule has 142 valence electrons. The molecular formula is C19H21ClF3NO2. The average Bonchev–Trinajstić information content (AvgIpc) is 2.50. The Morgan fingerprint density at radius 1 is 1.23 bits per heavy atom. The van der Waals surface area contributed by atoms with Crippen LogP contribution >= 0.6 is 11.6 Å². The van der Waals surface area contributed by atoms with Crippen LogP contribution in [-0.2, 0) is 4.79 Å². The summed E-state index contributed by atoms with van der Waals surface area (Å²) in [5, 5.41) is 13.5. The Bertz CT molecular complexity index is 712. The predicted molar refractivity (Wildman–Crippen MR) is 90.5 cm³/mol. The maximum atomic E-state index is 12.9. The topological polar surface area (TPSA) is 49.3 Å². The van der Waals surface area contributed by atoms with Gasteiger partial charge in [-0.2, -0.15) is 13.2 Å². The molecule has 7 heteroatoms. The van der Waals surface area contributed by atoms with Crippen LogP contribution in [0.5, 0.6) is 0 Å². The van der Waals surface area contributed by atoms with Crippen LogP contribution in [0.25, 0.3) is 0 Å². The number of rotatable bonds is 3. The first-order chi connectivity index (χ1) is 12.1. The van der Waals surface area contributed by atoms with Crippen molar-refractivity contribution in [1.29, 1.82) is 0 Å². The van der Waals surface area contributed by atoms with E-state index in [1.54, 1.807) is 30.3 Å². The lowest BCUT2D eigenvalue weighted by atomic mass is 9.47. The quantitative estimate of drug-likeness (QED) is 0.771. The lowest BCUT2D eigenvalue weighted by Gasteiger charge is -2.63. The number of benzene rings is 1. The number of hydrogen-bond donors (Lipinski definition) is 2. The number of hydrogen-bond acceptors (Lipinski definition) is 2. The van der Waals surface area contributed by atoms with Gasteiger partial charge < -0.3 is 10.4 Å². The summed E-state index contributed by atoms with van der Waals surface area (Å²) in [5.74, 6) is -2.14. The third-order valence-electron chi connectivity index (χ3n) is 6.37. The molecular weight excluding hydrogens is 367 g/mol. The second-order valence-electron chi connectivity index (χ2n) is 8.29. The van der Waals surface area contributed by atoms with E-state index in [2.05, 4.69) is 5.32 Å². The van der Waals surface area contributed by atoms with Crippen LogP contribution in [0.15, 0.2) is 30.3 Å². The SMILES string of the molecule is O=C(NC(c1ccccc1)[C@H]1[C@H]2C[C@@H]3C[C@](Cl)(C2)C[C@@]1(O)C3)C(F)(F)F. The molecule has 0 aromatic heterocycles. The highest BCUT2D eigenvalue weighted by Gasteiger charge is 2.63. The van der Waals surface area contributed by atoms with Crippen molar-refractivity contribution < 1.29 is 23.1 Å². The smallest absolute Gasteiger partial charge is 0.389 e. The molecule has 0 aliphatic heterocycles. The van der Waals surface area contributed by atoms with Gasteiger partial charge >= 0.3 is 12.1 Å². The van der Waals surface area contributed by atoms with Crippen LogP contribution < -0.4 is 5.32 Å². The van der Waals surface area contributed by atoms with Gasteiger partial charge in [0.2, 0.25) is 0 Å². The molecule has 4 bridgehead atoms. The molecule has 1 amide bonds. The number of halogens is 4. The molecule has 5 rings (SSSR count). The fourth-order valence-electron chi connectivity index (χ4n) is 5.90. The van der Waals surface area contributed by atoms with Crippen molar-refractivity contribution >= 4 is 17.5 Å². The highest BCUT2D eigenvalue weighted by atomic mass is 35.5. The maximum absolute atomic E-state index is 12.9. The minimum atomic E-state index is -4.96. The van der Waals surface area contributed by atoms with E-state index in [0.717, 1.165) is 12.8 Å². The molecule has 4 aliphatic carbocycles. The van der Waals surface area contributed by atoms with Crippen molar-refractivity contribution in [3.63, 3.8) is 0 Å². The van der Waals surface area contributed by atoms with Gasteiger partial charge in [0.25, 0.3) is 0 Å². The Balaban J connectivity index is 1.71. The third kappa shape index (κ3) is 3.01. The zero-order valence-electron chi connectivity index (χ0n) is 14.1. The standard InChI is InChI=1S/C19H21ClF3NO2/c20-17-7-11-6-13(9-17)14(18(26,8-11)10-17)15(12-4-2-1-3-5-12)24-16(25)19(21,22)23/h1-5,11,13-15,26H,6-10H2,(H,24,25)/t11-,13+,14-,15?,17+,18+/m1/s1. The van der Waals surface area contributed by atoms with Crippen molar-refractivity contribution in [3.05, 3.63) is 35.9 Å². The number of alkyl halides is 4. The van der Waals surface area contributed by atoms with Gasteiger partial charge in [-0.05, 0) is 49.5 Å².